The number of amides is 2. The molecule has 2 atom stereocenters. The Labute approximate surface area is 195 Å². The molecule has 2 aliphatic heterocycles. The number of nitrogens with zero attached hydrogens (tertiary/aromatic N) is 2. The van der Waals surface area contributed by atoms with Crippen molar-refractivity contribution < 1.29 is 9.59 Å². The fraction of sp³-hybridized carbons (Fsp3) is 0.481. The third-order valence-electron chi connectivity index (χ3n) is 7.76. The maximum atomic E-state index is 13.7. The molecule has 0 unspecified atom stereocenters. The molecule has 1 spiro atoms. The van der Waals surface area contributed by atoms with Gasteiger partial charge in [0.2, 0.25) is 11.8 Å². The van der Waals surface area contributed by atoms with Crippen LogP contribution < -0.4 is 0 Å². The van der Waals surface area contributed by atoms with Gasteiger partial charge in [-0.25, -0.2) is 0 Å². The summed E-state index contributed by atoms with van der Waals surface area (Å²) >= 11 is 6.01. The van der Waals surface area contributed by atoms with E-state index >= 15 is 0 Å². The van der Waals surface area contributed by atoms with E-state index < -0.39 is 5.41 Å². The minimum Gasteiger partial charge on any atom is -0.342 e. The summed E-state index contributed by atoms with van der Waals surface area (Å²) in [4.78, 5) is 31.0. The van der Waals surface area contributed by atoms with Crippen LogP contribution in [-0.2, 0) is 22.6 Å². The maximum Gasteiger partial charge on any atom is 0.229 e. The molecule has 1 aliphatic carbocycles. The fourth-order valence-electron chi connectivity index (χ4n) is 5.63. The molecule has 2 aromatic carbocycles. The van der Waals surface area contributed by atoms with E-state index in [0.717, 1.165) is 30.7 Å². The highest BCUT2D eigenvalue weighted by molar-refractivity contribution is 6.30. The van der Waals surface area contributed by atoms with E-state index in [4.69, 9.17) is 11.6 Å². The lowest BCUT2D eigenvalue weighted by atomic mass is 9.72. The van der Waals surface area contributed by atoms with Gasteiger partial charge in [0, 0.05) is 36.6 Å². The van der Waals surface area contributed by atoms with Gasteiger partial charge in [-0.3, -0.25) is 9.59 Å². The third-order valence-corrected chi connectivity index (χ3v) is 8.02. The van der Waals surface area contributed by atoms with E-state index in [1.165, 1.54) is 16.7 Å². The van der Waals surface area contributed by atoms with Gasteiger partial charge in [0.25, 0.3) is 0 Å². The van der Waals surface area contributed by atoms with Gasteiger partial charge in [0.15, 0.2) is 0 Å². The van der Waals surface area contributed by atoms with Gasteiger partial charge in [0.05, 0.1) is 5.41 Å². The molecule has 4 nitrogen and oxygen atoms in total. The monoisotopic (exact) mass is 450 g/mol. The van der Waals surface area contributed by atoms with Crippen molar-refractivity contribution in [2.75, 3.05) is 13.1 Å². The van der Waals surface area contributed by atoms with Crippen molar-refractivity contribution in [3.05, 3.63) is 70.2 Å². The molecule has 2 heterocycles. The van der Waals surface area contributed by atoms with Crippen LogP contribution in [0.4, 0.5) is 0 Å². The zero-order valence-electron chi connectivity index (χ0n) is 18.9. The molecule has 0 bridgehead atoms. The lowest BCUT2D eigenvalue weighted by Crippen LogP contribution is -2.52. The van der Waals surface area contributed by atoms with Gasteiger partial charge in [-0.1, -0.05) is 48.0 Å². The molecule has 0 radical (unpaired) electrons. The number of carbonyl (C=O) groups is 2. The molecule has 1 saturated carbocycles. The zero-order valence-corrected chi connectivity index (χ0v) is 19.6. The third kappa shape index (κ3) is 3.83. The molecular formula is C27H31ClN2O2. The fourth-order valence-corrected chi connectivity index (χ4v) is 5.75. The van der Waals surface area contributed by atoms with Crippen molar-refractivity contribution in [2.45, 2.75) is 58.0 Å². The first-order valence-corrected chi connectivity index (χ1v) is 12.2. The highest BCUT2D eigenvalue weighted by Crippen LogP contribution is 2.49. The van der Waals surface area contributed by atoms with E-state index in [0.29, 0.717) is 25.6 Å². The van der Waals surface area contributed by atoms with Crippen LogP contribution in [0.15, 0.2) is 48.5 Å². The van der Waals surface area contributed by atoms with Crippen molar-refractivity contribution in [1.29, 1.82) is 0 Å². The smallest absolute Gasteiger partial charge is 0.229 e. The largest absolute Gasteiger partial charge is 0.342 e. The predicted octanol–water partition coefficient (Wildman–Crippen LogP) is 5.05. The Morgan fingerprint density at radius 2 is 1.69 bits per heavy atom. The summed E-state index contributed by atoms with van der Waals surface area (Å²) in [5.41, 5.74) is 3.35. The average Bonchev–Trinajstić information content (AvgIpc) is 3.60. The quantitative estimate of drug-likeness (QED) is 0.656. The summed E-state index contributed by atoms with van der Waals surface area (Å²) in [6.45, 7) is 6.22. The van der Waals surface area contributed by atoms with Crippen LogP contribution in [0.5, 0.6) is 0 Å². The number of rotatable bonds is 3. The SMILES string of the molecule is CC(C)N1Cc2ccccc2CC2(CCN(C(=O)[C@@H]3C[C@@H]3c3ccc(Cl)cc3)CC2)C1=O. The van der Waals surface area contributed by atoms with Crippen LogP contribution in [0.1, 0.15) is 55.7 Å². The Balaban J connectivity index is 1.30. The standard InChI is InChI=1S/C27H31ClN2O2/c1-18(2)30-17-21-6-4-3-5-20(21)16-27(26(30)32)11-13-29(14-12-27)25(31)24-15-23(24)19-7-9-22(28)10-8-19/h3-10,18,23-24H,11-17H2,1-2H3/t23-,24-/m1/s1. The Bertz CT molecular complexity index is 1020. The first kappa shape index (κ1) is 21.5. The average molecular weight is 451 g/mol. The molecule has 2 fully saturated rings. The molecule has 3 aliphatic rings. The highest BCUT2D eigenvalue weighted by atomic mass is 35.5. The number of hydrogen-bond donors (Lipinski definition) is 0. The van der Waals surface area contributed by atoms with Crippen molar-refractivity contribution in [1.82, 2.24) is 9.80 Å². The highest BCUT2D eigenvalue weighted by Gasteiger charge is 2.50. The summed E-state index contributed by atoms with van der Waals surface area (Å²) in [7, 11) is 0. The van der Waals surface area contributed by atoms with Crippen LogP contribution >= 0.6 is 11.6 Å². The molecule has 0 N–H and O–H groups in total. The number of carbonyl (C=O) groups excluding carboxylic acids is 2. The number of benzene rings is 2. The topological polar surface area (TPSA) is 40.6 Å². The minimum atomic E-state index is -0.396. The number of halogens is 1. The molecule has 2 aromatic rings. The van der Waals surface area contributed by atoms with Crippen LogP contribution in [0.25, 0.3) is 0 Å². The van der Waals surface area contributed by atoms with Gasteiger partial charge in [-0.15, -0.1) is 0 Å². The molecule has 5 rings (SSSR count). The van der Waals surface area contributed by atoms with E-state index in [2.05, 4.69) is 38.1 Å². The lowest BCUT2D eigenvalue weighted by molar-refractivity contribution is -0.150. The molecule has 1 saturated heterocycles. The van der Waals surface area contributed by atoms with Crippen LogP contribution in [0.2, 0.25) is 5.02 Å². The molecule has 5 heteroatoms. The second-order valence-electron chi connectivity index (χ2n) is 10.1. The maximum absolute atomic E-state index is 13.7. The van der Waals surface area contributed by atoms with Gasteiger partial charge >= 0.3 is 0 Å². The van der Waals surface area contributed by atoms with Crippen LogP contribution in [0.3, 0.4) is 0 Å². The summed E-state index contributed by atoms with van der Waals surface area (Å²) in [6.07, 6.45) is 3.18. The van der Waals surface area contributed by atoms with Crippen molar-refractivity contribution in [3.8, 4) is 0 Å². The second kappa shape index (κ2) is 8.22. The lowest BCUT2D eigenvalue weighted by Gasteiger charge is -2.43. The number of hydrogen-bond acceptors (Lipinski definition) is 2. The molecule has 32 heavy (non-hydrogen) atoms. The molecule has 0 aromatic heterocycles. The van der Waals surface area contributed by atoms with Crippen LogP contribution in [0, 0.1) is 11.3 Å². The number of piperidine rings is 1. The van der Waals surface area contributed by atoms with E-state index in [9.17, 15) is 9.59 Å². The van der Waals surface area contributed by atoms with Gasteiger partial charge < -0.3 is 9.80 Å². The Morgan fingerprint density at radius 1 is 1.03 bits per heavy atom. The van der Waals surface area contributed by atoms with Crippen molar-refractivity contribution >= 4 is 23.4 Å². The minimum absolute atomic E-state index is 0.0722. The molecule has 168 valence electrons. The van der Waals surface area contributed by atoms with Gasteiger partial charge in [-0.05, 0) is 74.3 Å². The van der Waals surface area contributed by atoms with E-state index in [1.807, 2.05) is 34.1 Å². The van der Waals surface area contributed by atoms with Crippen molar-refractivity contribution in [2.24, 2.45) is 11.3 Å². The molecular weight excluding hydrogens is 420 g/mol. The Morgan fingerprint density at radius 3 is 2.34 bits per heavy atom. The van der Waals surface area contributed by atoms with Crippen LogP contribution in [-0.4, -0.2) is 40.7 Å². The number of fused-ring (bicyclic) bond motifs is 1. The summed E-state index contributed by atoms with van der Waals surface area (Å²) in [5.74, 6) is 0.893. The summed E-state index contributed by atoms with van der Waals surface area (Å²) < 4.78 is 0. The number of likely N-dealkylation sites (tertiary alicyclic amines) is 1. The Hall–Kier alpha value is -2.33. The van der Waals surface area contributed by atoms with E-state index in [-0.39, 0.29) is 23.8 Å². The predicted molar refractivity (Wildman–Crippen MR) is 126 cm³/mol. The van der Waals surface area contributed by atoms with Gasteiger partial charge in [0.1, 0.15) is 0 Å². The summed E-state index contributed by atoms with van der Waals surface area (Å²) in [6, 6.07) is 16.5. The molecule has 2 amide bonds. The first-order valence-electron chi connectivity index (χ1n) is 11.8. The first-order chi connectivity index (χ1) is 15.4. The van der Waals surface area contributed by atoms with Crippen molar-refractivity contribution in [3.63, 3.8) is 0 Å². The second-order valence-corrected chi connectivity index (χ2v) is 10.5. The summed E-state index contributed by atoms with van der Waals surface area (Å²) in [5, 5.41) is 0.726. The Kier molecular flexibility index (Phi) is 5.53. The zero-order chi connectivity index (χ0) is 22.5. The van der Waals surface area contributed by atoms with E-state index in [1.54, 1.807) is 0 Å². The van der Waals surface area contributed by atoms with Gasteiger partial charge in [-0.2, -0.15) is 0 Å². The normalized spacial score (nSPS) is 24.4.